The molecule has 1 aliphatic heterocycles. The van der Waals surface area contributed by atoms with Gasteiger partial charge in [0.05, 0.1) is 28.4 Å². The molecule has 2 amide bonds. The molecule has 2 aromatic carbocycles. The van der Waals surface area contributed by atoms with E-state index in [1.54, 1.807) is 36.4 Å². The Hall–Kier alpha value is -3.10. The van der Waals surface area contributed by atoms with Crippen LogP contribution < -0.4 is 10.2 Å². The molecule has 0 unspecified atom stereocenters. The molecule has 0 aliphatic carbocycles. The lowest BCUT2D eigenvalue weighted by Gasteiger charge is -2.37. The summed E-state index contributed by atoms with van der Waals surface area (Å²) in [7, 11) is 0. The number of benzene rings is 2. The highest BCUT2D eigenvalue weighted by Gasteiger charge is 2.24. The summed E-state index contributed by atoms with van der Waals surface area (Å²) in [5.74, 6) is -1.37. The monoisotopic (exact) mass is 472 g/mol. The number of hydrogen-bond acceptors (Lipinski definition) is 5. The molecule has 0 saturated carbocycles. The number of carboxylic acid groups (broad SMARTS) is 1. The summed E-state index contributed by atoms with van der Waals surface area (Å²) in [6, 6.07) is 11.5. The number of piperazine rings is 1. The lowest BCUT2D eigenvalue weighted by molar-refractivity contribution is -0.132. The first-order valence-electron chi connectivity index (χ1n) is 11.0. The fourth-order valence-corrected chi connectivity index (χ4v) is 4.14. The minimum atomic E-state index is -1.07. The Balaban J connectivity index is 1.68. The maximum atomic E-state index is 12.5. The average Bonchev–Trinajstić information content (AvgIpc) is 2.80. The van der Waals surface area contributed by atoms with E-state index in [4.69, 9.17) is 11.6 Å². The zero-order valence-corrected chi connectivity index (χ0v) is 19.6. The van der Waals surface area contributed by atoms with Crippen molar-refractivity contribution in [1.29, 1.82) is 0 Å². The molecular weight excluding hydrogens is 444 g/mol. The van der Waals surface area contributed by atoms with E-state index < -0.39 is 11.9 Å². The molecule has 0 atom stereocenters. The highest BCUT2D eigenvalue weighted by atomic mass is 35.5. The molecule has 0 bridgehead atoms. The van der Waals surface area contributed by atoms with Crippen LogP contribution in [0.25, 0.3) is 0 Å². The van der Waals surface area contributed by atoms with Gasteiger partial charge in [0.25, 0.3) is 5.91 Å². The number of hydrogen-bond donors (Lipinski definition) is 2. The smallest absolute Gasteiger partial charge is 0.337 e. The van der Waals surface area contributed by atoms with E-state index in [9.17, 15) is 19.5 Å². The molecule has 0 radical (unpaired) electrons. The molecule has 0 aromatic heterocycles. The van der Waals surface area contributed by atoms with Crippen LogP contribution in [-0.2, 0) is 4.79 Å². The molecule has 2 N–H and O–H groups in total. The van der Waals surface area contributed by atoms with E-state index >= 15 is 0 Å². The highest BCUT2D eigenvalue weighted by molar-refractivity contribution is 6.34. The largest absolute Gasteiger partial charge is 0.478 e. The third-order valence-electron chi connectivity index (χ3n) is 5.79. The second-order valence-corrected chi connectivity index (χ2v) is 8.21. The molecule has 2 aromatic rings. The minimum Gasteiger partial charge on any atom is -0.478 e. The third kappa shape index (κ3) is 6.03. The average molecular weight is 473 g/mol. The van der Waals surface area contributed by atoms with Gasteiger partial charge in [0.15, 0.2) is 0 Å². The Morgan fingerprint density at radius 2 is 1.67 bits per heavy atom. The summed E-state index contributed by atoms with van der Waals surface area (Å²) >= 11 is 6.08. The van der Waals surface area contributed by atoms with E-state index in [1.807, 2.05) is 23.6 Å². The zero-order chi connectivity index (χ0) is 24.0. The first-order valence-corrected chi connectivity index (χ1v) is 11.4. The van der Waals surface area contributed by atoms with Crippen molar-refractivity contribution >= 4 is 40.8 Å². The van der Waals surface area contributed by atoms with Crippen LogP contribution in [0.1, 0.15) is 34.6 Å². The van der Waals surface area contributed by atoms with Crippen LogP contribution in [0.3, 0.4) is 0 Å². The van der Waals surface area contributed by atoms with E-state index in [2.05, 4.69) is 10.2 Å². The molecule has 1 saturated heterocycles. The summed E-state index contributed by atoms with van der Waals surface area (Å²) in [6.45, 7) is 8.23. The number of amides is 2. The second kappa shape index (κ2) is 11.2. The number of carbonyl (C=O) groups excluding carboxylic acids is 2. The van der Waals surface area contributed by atoms with Crippen molar-refractivity contribution in [1.82, 2.24) is 9.80 Å². The van der Waals surface area contributed by atoms with Crippen LogP contribution in [-0.4, -0.2) is 78.5 Å². The van der Waals surface area contributed by atoms with Crippen molar-refractivity contribution in [3.05, 3.63) is 58.6 Å². The normalized spacial score (nSPS) is 14.1. The molecule has 1 heterocycles. The fourth-order valence-electron chi connectivity index (χ4n) is 3.92. The molecule has 0 spiro atoms. The van der Waals surface area contributed by atoms with Gasteiger partial charge in [-0.05, 0) is 44.2 Å². The van der Waals surface area contributed by atoms with Gasteiger partial charge in [-0.2, -0.15) is 0 Å². The van der Waals surface area contributed by atoms with Crippen molar-refractivity contribution in [2.24, 2.45) is 0 Å². The van der Waals surface area contributed by atoms with Crippen molar-refractivity contribution in [3.8, 4) is 0 Å². The van der Waals surface area contributed by atoms with Crippen LogP contribution in [0.2, 0.25) is 5.02 Å². The SMILES string of the molecule is CCN(CC)C(=O)CN1CCN(c2ccc(NC(=O)c3ccccc3Cl)cc2C(=O)O)CC1. The lowest BCUT2D eigenvalue weighted by atomic mass is 10.1. The number of carbonyl (C=O) groups is 3. The second-order valence-electron chi connectivity index (χ2n) is 7.80. The van der Waals surface area contributed by atoms with Gasteiger partial charge < -0.3 is 20.2 Å². The fraction of sp³-hybridized carbons (Fsp3) is 0.375. The first-order chi connectivity index (χ1) is 15.8. The number of halogens is 1. The molecule has 3 rings (SSSR count). The topological polar surface area (TPSA) is 93.2 Å². The molecule has 1 fully saturated rings. The third-order valence-corrected chi connectivity index (χ3v) is 6.12. The van der Waals surface area contributed by atoms with Gasteiger partial charge in [0, 0.05) is 45.0 Å². The van der Waals surface area contributed by atoms with Gasteiger partial charge in [-0.3, -0.25) is 14.5 Å². The van der Waals surface area contributed by atoms with Gasteiger partial charge >= 0.3 is 5.97 Å². The number of carboxylic acids is 1. The maximum absolute atomic E-state index is 12.5. The lowest BCUT2D eigenvalue weighted by Crippen LogP contribution is -2.50. The molecule has 1 aliphatic rings. The minimum absolute atomic E-state index is 0.110. The standard InChI is InChI=1S/C24H29ClN4O4/c1-3-28(4-2)22(30)16-27-11-13-29(14-12-27)21-10-9-17(15-19(21)24(32)33)26-23(31)18-7-5-6-8-20(18)25/h5-10,15H,3-4,11-14,16H2,1-2H3,(H,26,31)(H,32,33). The van der Waals surface area contributed by atoms with Crippen molar-refractivity contribution in [2.45, 2.75) is 13.8 Å². The van der Waals surface area contributed by atoms with Gasteiger partial charge in [-0.25, -0.2) is 4.79 Å². The van der Waals surface area contributed by atoms with E-state index in [0.29, 0.717) is 67.8 Å². The van der Waals surface area contributed by atoms with Gasteiger partial charge in [0.2, 0.25) is 5.91 Å². The highest BCUT2D eigenvalue weighted by Crippen LogP contribution is 2.26. The Labute approximate surface area is 198 Å². The number of likely N-dealkylation sites (N-methyl/N-ethyl adjacent to an activating group) is 1. The van der Waals surface area contributed by atoms with Crippen LogP contribution in [0.4, 0.5) is 11.4 Å². The van der Waals surface area contributed by atoms with E-state index in [-0.39, 0.29) is 11.5 Å². The molecule has 9 heteroatoms. The predicted octanol–water partition coefficient (Wildman–Crippen LogP) is 3.28. The van der Waals surface area contributed by atoms with Crippen LogP contribution in [0.5, 0.6) is 0 Å². The summed E-state index contributed by atoms with van der Waals surface area (Å²) in [4.78, 5) is 42.8. The summed E-state index contributed by atoms with van der Waals surface area (Å²) in [5, 5.41) is 12.8. The quantitative estimate of drug-likeness (QED) is 0.612. The molecule has 33 heavy (non-hydrogen) atoms. The summed E-state index contributed by atoms with van der Waals surface area (Å²) in [6.07, 6.45) is 0. The van der Waals surface area contributed by atoms with Crippen LogP contribution >= 0.6 is 11.6 Å². The Kier molecular flexibility index (Phi) is 8.30. The first kappa shape index (κ1) is 24.5. The number of nitrogens with one attached hydrogen (secondary N) is 1. The summed E-state index contributed by atoms with van der Waals surface area (Å²) < 4.78 is 0. The number of anilines is 2. The van der Waals surface area contributed by atoms with Gasteiger partial charge in [0.1, 0.15) is 0 Å². The van der Waals surface area contributed by atoms with Gasteiger partial charge in [-0.1, -0.05) is 23.7 Å². The number of nitrogens with zero attached hydrogens (tertiary/aromatic N) is 3. The Morgan fingerprint density at radius 3 is 2.27 bits per heavy atom. The molecule has 8 nitrogen and oxygen atoms in total. The van der Waals surface area contributed by atoms with Crippen molar-refractivity contribution in [2.75, 3.05) is 56.0 Å². The number of rotatable bonds is 8. The van der Waals surface area contributed by atoms with E-state index in [0.717, 1.165) is 0 Å². The summed E-state index contributed by atoms with van der Waals surface area (Å²) in [5.41, 5.74) is 1.40. The van der Waals surface area contributed by atoms with Gasteiger partial charge in [-0.15, -0.1) is 0 Å². The number of aromatic carboxylic acids is 1. The molecule has 176 valence electrons. The van der Waals surface area contributed by atoms with Crippen molar-refractivity contribution in [3.63, 3.8) is 0 Å². The Morgan fingerprint density at radius 1 is 1.00 bits per heavy atom. The predicted molar refractivity (Wildman–Crippen MR) is 129 cm³/mol. The van der Waals surface area contributed by atoms with Crippen molar-refractivity contribution < 1.29 is 19.5 Å². The van der Waals surface area contributed by atoms with Crippen LogP contribution in [0, 0.1) is 0 Å². The Bertz CT molecular complexity index is 1020. The maximum Gasteiger partial charge on any atom is 0.337 e. The van der Waals surface area contributed by atoms with E-state index in [1.165, 1.54) is 6.07 Å². The van der Waals surface area contributed by atoms with Crippen LogP contribution in [0.15, 0.2) is 42.5 Å². The zero-order valence-electron chi connectivity index (χ0n) is 18.9. The molecular formula is C24H29ClN4O4.